The number of aliphatic carboxylic acids is 1. The third kappa shape index (κ3) is 5.24. The van der Waals surface area contributed by atoms with Gasteiger partial charge in [-0.05, 0) is 37.5 Å². The Bertz CT molecular complexity index is 862. The first kappa shape index (κ1) is 21.1. The van der Waals surface area contributed by atoms with Crippen LogP contribution in [0.4, 0.5) is 5.13 Å². The summed E-state index contributed by atoms with van der Waals surface area (Å²) < 4.78 is 16.4. The monoisotopic (exact) mass is 419 g/mol. The quantitative estimate of drug-likeness (QED) is 0.611. The Hall–Kier alpha value is -2.65. The van der Waals surface area contributed by atoms with Crippen molar-refractivity contribution in [2.75, 3.05) is 32.3 Å². The minimum absolute atomic E-state index is 0.0828. The summed E-state index contributed by atoms with van der Waals surface area (Å²) in [6, 6.07) is 5.41. The van der Waals surface area contributed by atoms with Gasteiger partial charge in [0.15, 0.2) is 5.13 Å². The van der Waals surface area contributed by atoms with Gasteiger partial charge in [0.1, 0.15) is 11.5 Å². The molecule has 1 amide bonds. The van der Waals surface area contributed by atoms with Crippen LogP contribution in [0.1, 0.15) is 25.7 Å². The number of methoxy groups -OCH3 is 2. The fourth-order valence-corrected chi connectivity index (χ4v) is 4.00. The lowest BCUT2D eigenvalue weighted by Gasteiger charge is -2.23. The van der Waals surface area contributed by atoms with Crippen molar-refractivity contribution in [1.29, 1.82) is 0 Å². The second-order valence-corrected chi connectivity index (χ2v) is 7.43. The predicted octanol–water partition coefficient (Wildman–Crippen LogP) is 1.87. The third-order valence-corrected chi connectivity index (χ3v) is 5.52. The van der Waals surface area contributed by atoms with Crippen LogP contribution in [0, 0.1) is 0 Å². The van der Waals surface area contributed by atoms with Gasteiger partial charge in [0, 0.05) is 29.9 Å². The Balaban J connectivity index is 1.88. The van der Waals surface area contributed by atoms with Crippen molar-refractivity contribution in [2.24, 2.45) is 0 Å². The summed E-state index contributed by atoms with van der Waals surface area (Å²) in [6.07, 6.45) is 1.23. The van der Waals surface area contributed by atoms with Crippen LogP contribution in [0.5, 0.6) is 11.5 Å². The maximum absolute atomic E-state index is 12.7. The molecule has 1 atom stereocenters. The lowest BCUT2D eigenvalue weighted by molar-refractivity contribution is -0.305. The average Bonchev–Trinajstić information content (AvgIpc) is 3.41. The number of amides is 1. The zero-order valence-corrected chi connectivity index (χ0v) is 17.2. The number of thiazole rings is 1. The molecule has 1 aliphatic heterocycles. The summed E-state index contributed by atoms with van der Waals surface area (Å²) in [5.41, 5.74) is 1.39. The topological polar surface area (TPSA) is 101 Å². The molecule has 3 rings (SSSR count). The molecule has 1 aliphatic rings. The number of nitrogens with zero attached hydrogens (tertiary/aromatic N) is 2. The van der Waals surface area contributed by atoms with E-state index >= 15 is 0 Å². The molecule has 1 aromatic heterocycles. The summed E-state index contributed by atoms with van der Waals surface area (Å²) in [4.78, 5) is 29.6. The van der Waals surface area contributed by atoms with E-state index in [-0.39, 0.29) is 24.9 Å². The van der Waals surface area contributed by atoms with E-state index in [1.807, 2.05) is 11.4 Å². The summed E-state index contributed by atoms with van der Waals surface area (Å²) in [5, 5.41) is 13.1. The number of hydrogen-bond acceptors (Lipinski definition) is 8. The summed E-state index contributed by atoms with van der Waals surface area (Å²) >= 11 is 1.31. The van der Waals surface area contributed by atoms with Crippen LogP contribution >= 0.6 is 11.3 Å². The highest BCUT2D eigenvalue weighted by Crippen LogP contribution is 2.36. The molecule has 9 heteroatoms. The fraction of sp³-hybridized carbons (Fsp3) is 0.450. The molecule has 1 saturated heterocycles. The molecule has 0 radical (unpaired) electrons. The first-order valence-corrected chi connectivity index (χ1v) is 10.2. The highest BCUT2D eigenvalue weighted by molar-refractivity contribution is 7.14. The number of carboxylic acid groups (broad SMARTS) is 1. The van der Waals surface area contributed by atoms with E-state index in [1.165, 1.54) is 16.2 Å². The highest BCUT2D eigenvalue weighted by Gasteiger charge is 2.26. The van der Waals surface area contributed by atoms with Gasteiger partial charge in [-0.3, -0.25) is 9.69 Å². The number of ether oxygens (including phenoxy) is 3. The molecule has 0 N–H and O–H groups in total. The van der Waals surface area contributed by atoms with Crippen LogP contribution in [-0.2, 0) is 14.3 Å². The summed E-state index contributed by atoms with van der Waals surface area (Å²) in [5.74, 6) is -0.271. The number of carboxylic acids is 1. The molecule has 2 heterocycles. The number of hydrogen-bond donors (Lipinski definition) is 0. The van der Waals surface area contributed by atoms with Gasteiger partial charge in [-0.1, -0.05) is 0 Å². The van der Waals surface area contributed by atoms with Gasteiger partial charge >= 0.3 is 0 Å². The molecular weight excluding hydrogens is 396 g/mol. The zero-order chi connectivity index (χ0) is 20.8. The molecule has 2 aromatic rings. The Kier molecular flexibility index (Phi) is 7.05. The van der Waals surface area contributed by atoms with Crippen molar-refractivity contribution in [3.05, 3.63) is 23.6 Å². The maximum atomic E-state index is 12.7. The first-order chi connectivity index (χ1) is 14.0. The van der Waals surface area contributed by atoms with Crippen molar-refractivity contribution in [3.63, 3.8) is 0 Å². The Morgan fingerprint density at radius 3 is 2.79 bits per heavy atom. The van der Waals surface area contributed by atoms with Crippen molar-refractivity contribution in [2.45, 2.75) is 31.8 Å². The predicted molar refractivity (Wildman–Crippen MR) is 106 cm³/mol. The van der Waals surface area contributed by atoms with Gasteiger partial charge in [0.2, 0.25) is 5.91 Å². The van der Waals surface area contributed by atoms with E-state index in [1.54, 1.807) is 26.4 Å². The summed E-state index contributed by atoms with van der Waals surface area (Å²) in [7, 11) is 3.16. The van der Waals surface area contributed by atoms with Crippen molar-refractivity contribution >= 4 is 28.3 Å². The number of anilines is 1. The SMILES string of the molecule is COc1ccc(OC)c(-c2csc(N(C[C@H]3CCCO3)C(=O)CCC(=O)[O-])n2)c1. The smallest absolute Gasteiger partial charge is 0.229 e. The molecule has 0 saturated carbocycles. The van der Waals surface area contributed by atoms with Gasteiger partial charge in [-0.15, -0.1) is 11.3 Å². The largest absolute Gasteiger partial charge is 0.550 e. The minimum Gasteiger partial charge on any atom is -0.550 e. The molecule has 156 valence electrons. The maximum Gasteiger partial charge on any atom is 0.229 e. The molecule has 8 nitrogen and oxygen atoms in total. The highest BCUT2D eigenvalue weighted by atomic mass is 32.1. The summed E-state index contributed by atoms with van der Waals surface area (Å²) in [6.45, 7) is 1.00. The average molecular weight is 419 g/mol. The minimum atomic E-state index is -1.25. The van der Waals surface area contributed by atoms with Crippen LogP contribution in [0.2, 0.25) is 0 Å². The number of benzene rings is 1. The first-order valence-electron chi connectivity index (χ1n) is 9.31. The van der Waals surface area contributed by atoms with E-state index in [0.29, 0.717) is 35.5 Å². The second kappa shape index (κ2) is 9.71. The molecular formula is C20H23N2O6S-. The molecule has 0 unspecified atom stereocenters. The normalized spacial score (nSPS) is 15.9. The molecule has 29 heavy (non-hydrogen) atoms. The standard InChI is InChI=1S/C20H24N2O6S/c1-26-13-5-6-17(27-2)15(10-13)16-12-29-20(21-16)22(11-14-4-3-9-28-14)18(23)7-8-19(24)25/h5-6,10,12,14H,3-4,7-9,11H2,1-2H3,(H,24,25)/p-1/t14-/m1/s1. The Morgan fingerprint density at radius 2 is 2.14 bits per heavy atom. The molecule has 0 spiro atoms. The van der Waals surface area contributed by atoms with E-state index < -0.39 is 5.97 Å². The lowest BCUT2D eigenvalue weighted by atomic mass is 10.1. The van der Waals surface area contributed by atoms with Crippen molar-refractivity contribution in [3.8, 4) is 22.8 Å². The number of rotatable bonds is 9. The van der Waals surface area contributed by atoms with E-state index in [0.717, 1.165) is 18.4 Å². The van der Waals surface area contributed by atoms with E-state index in [2.05, 4.69) is 4.98 Å². The van der Waals surface area contributed by atoms with Crippen LogP contribution in [0.3, 0.4) is 0 Å². The molecule has 1 fully saturated rings. The second-order valence-electron chi connectivity index (χ2n) is 6.59. The molecule has 0 bridgehead atoms. The van der Waals surface area contributed by atoms with E-state index in [4.69, 9.17) is 14.2 Å². The zero-order valence-electron chi connectivity index (χ0n) is 16.4. The Morgan fingerprint density at radius 1 is 1.31 bits per heavy atom. The fourth-order valence-electron chi connectivity index (χ4n) is 3.15. The van der Waals surface area contributed by atoms with Crippen LogP contribution in [-0.4, -0.2) is 50.3 Å². The lowest BCUT2D eigenvalue weighted by Crippen LogP contribution is -2.38. The van der Waals surface area contributed by atoms with Crippen molar-refractivity contribution < 1.29 is 28.9 Å². The van der Waals surface area contributed by atoms with Crippen LogP contribution < -0.4 is 19.5 Å². The van der Waals surface area contributed by atoms with Gasteiger partial charge in [-0.2, -0.15) is 0 Å². The number of aromatic nitrogens is 1. The number of carbonyl (C=O) groups is 2. The van der Waals surface area contributed by atoms with E-state index in [9.17, 15) is 14.7 Å². The van der Waals surface area contributed by atoms with Gasteiger partial charge in [0.05, 0.1) is 32.6 Å². The van der Waals surface area contributed by atoms with Gasteiger partial charge in [0.25, 0.3) is 0 Å². The third-order valence-electron chi connectivity index (χ3n) is 4.66. The van der Waals surface area contributed by atoms with Gasteiger partial charge < -0.3 is 24.1 Å². The van der Waals surface area contributed by atoms with Gasteiger partial charge in [-0.25, -0.2) is 4.98 Å². The van der Waals surface area contributed by atoms with Crippen LogP contribution in [0.15, 0.2) is 23.6 Å². The molecule has 0 aliphatic carbocycles. The van der Waals surface area contributed by atoms with Crippen molar-refractivity contribution in [1.82, 2.24) is 4.98 Å². The molecule has 1 aromatic carbocycles. The van der Waals surface area contributed by atoms with Crippen LogP contribution in [0.25, 0.3) is 11.3 Å². The Labute approximate surface area is 173 Å². The number of carbonyl (C=O) groups excluding carboxylic acids is 2.